The average molecular weight is 1160 g/mol. The number of unbranched alkanes of at least 4 members (excludes halogenated alkanes) is 26. The molecule has 0 radical (unpaired) electrons. The summed E-state index contributed by atoms with van der Waals surface area (Å²) in [5, 5.41) is 31.6. The molecule has 0 spiro atoms. The molecule has 83 heavy (non-hydrogen) atoms. The number of hydrogen-bond donors (Lipinski definition) is 3. The minimum Gasteiger partial charge on any atom is -0.479 e. The lowest BCUT2D eigenvalue weighted by molar-refractivity contribution is -0.301. The van der Waals surface area contributed by atoms with Crippen LogP contribution in [0.4, 0.5) is 0 Å². The molecule has 0 aromatic heterocycles. The maximum atomic E-state index is 13.2. The second-order valence-corrected chi connectivity index (χ2v) is 22.4. The maximum Gasteiger partial charge on any atom is 0.335 e. The van der Waals surface area contributed by atoms with Crippen LogP contribution in [0.25, 0.3) is 0 Å². The second-order valence-electron chi connectivity index (χ2n) is 22.4. The molecule has 1 aliphatic rings. The number of carboxylic acids is 1. The Balaban J connectivity index is 2.68. The fraction of sp³-hybridized carbons (Fsp3) is 0.718. The molecule has 0 bridgehead atoms. The number of allylic oxidation sites excluding steroid dienone is 16. The van der Waals surface area contributed by atoms with Crippen molar-refractivity contribution in [3.05, 3.63) is 97.2 Å². The molecule has 6 atom stereocenters. The van der Waals surface area contributed by atoms with E-state index in [1.165, 1.54) is 77.0 Å². The lowest BCUT2D eigenvalue weighted by atomic mass is 9.98. The van der Waals surface area contributed by atoms with Gasteiger partial charge in [0, 0.05) is 19.3 Å². The van der Waals surface area contributed by atoms with Gasteiger partial charge in [0.15, 0.2) is 24.6 Å². The number of aliphatic hydroxyl groups is 2. The number of hydrogen-bond acceptors (Lipinski definition) is 11. The zero-order valence-corrected chi connectivity index (χ0v) is 52.4. The van der Waals surface area contributed by atoms with Gasteiger partial charge < -0.3 is 39.0 Å². The Morgan fingerprint density at radius 2 is 0.759 bits per heavy atom. The first-order valence-corrected chi connectivity index (χ1v) is 33.2. The van der Waals surface area contributed by atoms with Gasteiger partial charge in [0.25, 0.3) is 0 Å². The molecule has 6 unspecified atom stereocenters. The summed E-state index contributed by atoms with van der Waals surface area (Å²) in [6.07, 6.45) is 65.0. The first-order valence-electron chi connectivity index (χ1n) is 33.2. The molecule has 1 rings (SSSR count). The fourth-order valence-corrected chi connectivity index (χ4v) is 9.54. The van der Waals surface area contributed by atoms with Gasteiger partial charge >= 0.3 is 23.9 Å². The van der Waals surface area contributed by atoms with E-state index in [0.717, 1.165) is 141 Å². The van der Waals surface area contributed by atoms with E-state index in [2.05, 4.69) is 118 Å². The van der Waals surface area contributed by atoms with Crippen molar-refractivity contribution in [1.82, 2.24) is 0 Å². The number of ether oxygens (including phenoxy) is 5. The highest BCUT2D eigenvalue weighted by molar-refractivity contribution is 5.74. The number of aliphatic hydroxyl groups excluding tert-OH is 2. The molecule has 1 aliphatic heterocycles. The van der Waals surface area contributed by atoms with Crippen molar-refractivity contribution < 1.29 is 58.2 Å². The molecule has 1 heterocycles. The predicted molar refractivity (Wildman–Crippen MR) is 340 cm³/mol. The summed E-state index contributed by atoms with van der Waals surface area (Å²) in [5.41, 5.74) is 0. The highest BCUT2D eigenvalue weighted by Gasteiger charge is 2.50. The van der Waals surface area contributed by atoms with Crippen molar-refractivity contribution >= 4 is 23.9 Å². The van der Waals surface area contributed by atoms with Crippen molar-refractivity contribution in [2.45, 2.75) is 314 Å². The summed E-state index contributed by atoms with van der Waals surface area (Å²) in [6, 6.07) is 0. The Kier molecular flexibility index (Phi) is 53.6. The Morgan fingerprint density at radius 1 is 0.410 bits per heavy atom. The molecule has 12 nitrogen and oxygen atoms in total. The van der Waals surface area contributed by atoms with E-state index >= 15 is 0 Å². The summed E-state index contributed by atoms with van der Waals surface area (Å²) in [4.78, 5) is 51.4. The molecule has 0 amide bonds. The van der Waals surface area contributed by atoms with E-state index in [1.807, 2.05) is 0 Å². The largest absolute Gasteiger partial charge is 0.479 e. The molecule has 0 saturated carbocycles. The van der Waals surface area contributed by atoms with E-state index in [0.29, 0.717) is 19.3 Å². The van der Waals surface area contributed by atoms with Crippen LogP contribution in [0.5, 0.6) is 0 Å². The number of aliphatic carboxylic acids is 1. The topological polar surface area (TPSA) is 175 Å². The van der Waals surface area contributed by atoms with Crippen LogP contribution in [0, 0.1) is 0 Å². The van der Waals surface area contributed by atoms with Gasteiger partial charge in [-0.15, -0.1) is 0 Å². The first-order chi connectivity index (χ1) is 40.6. The van der Waals surface area contributed by atoms with Gasteiger partial charge in [-0.3, -0.25) is 14.4 Å². The van der Waals surface area contributed by atoms with Crippen molar-refractivity contribution in [1.29, 1.82) is 0 Å². The molecule has 0 aromatic rings. The smallest absolute Gasteiger partial charge is 0.335 e. The van der Waals surface area contributed by atoms with E-state index in [1.54, 1.807) is 0 Å². The van der Waals surface area contributed by atoms with E-state index in [4.69, 9.17) is 23.7 Å². The van der Waals surface area contributed by atoms with Crippen molar-refractivity contribution in [2.24, 2.45) is 0 Å². The Hall–Kier alpha value is -4.36. The molecule has 1 saturated heterocycles. The molecule has 1 fully saturated rings. The van der Waals surface area contributed by atoms with E-state index < -0.39 is 67.3 Å². The molecular weight excluding hydrogens is 1040 g/mol. The van der Waals surface area contributed by atoms with Crippen LogP contribution in [0.1, 0.15) is 278 Å². The number of esters is 3. The molecule has 0 aromatic carbocycles. The highest BCUT2D eigenvalue weighted by Crippen LogP contribution is 2.27. The van der Waals surface area contributed by atoms with E-state index in [9.17, 15) is 34.5 Å². The summed E-state index contributed by atoms with van der Waals surface area (Å²) in [5.74, 6) is -3.16. The van der Waals surface area contributed by atoms with Crippen LogP contribution in [-0.4, -0.2) is 89.2 Å². The molecule has 474 valence electrons. The Morgan fingerprint density at radius 3 is 1.16 bits per heavy atom. The van der Waals surface area contributed by atoms with Crippen molar-refractivity contribution in [3.63, 3.8) is 0 Å². The maximum absolute atomic E-state index is 13.2. The average Bonchev–Trinajstić information content (AvgIpc) is 3.59. The van der Waals surface area contributed by atoms with Gasteiger partial charge in [0.1, 0.15) is 18.8 Å². The molecular formula is C71H118O12. The minimum atomic E-state index is -1.92. The van der Waals surface area contributed by atoms with E-state index in [-0.39, 0.29) is 25.9 Å². The summed E-state index contributed by atoms with van der Waals surface area (Å²) < 4.78 is 28.5. The number of carbonyl (C=O) groups excluding carboxylic acids is 3. The summed E-state index contributed by atoms with van der Waals surface area (Å²) in [6.45, 7) is 5.83. The van der Waals surface area contributed by atoms with Crippen LogP contribution >= 0.6 is 0 Å². The quantitative estimate of drug-likeness (QED) is 0.0228. The lowest BCUT2D eigenvalue weighted by Gasteiger charge is -2.40. The molecule has 0 aliphatic carbocycles. The third kappa shape index (κ3) is 47.6. The molecule has 3 N–H and O–H groups in total. The van der Waals surface area contributed by atoms with Crippen LogP contribution in [0.15, 0.2) is 97.2 Å². The Bertz CT molecular complexity index is 1810. The summed E-state index contributed by atoms with van der Waals surface area (Å²) in [7, 11) is 0. The third-order valence-corrected chi connectivity index (χ3v) is 14.6. The van der Waals surface area contributed by atoms with Crippen LogP contribution in [0.2, 0.25) is 0 Å². The van der Waals surface area contributed by atoms with Gasteiger partial charge in [-0.25, -0.2) is 4.79 Å². The number of carboxylic acid groups (broad SMARTS) is 1. The summed E-state index contributed by atoms with van der Waals surface area (Å²) >= 11 is 0. The van der Waals surface area contributed by atoms with Gasteiger partial charge in [-0.05, 0) is 122 Å². The molecule has 12 heteroatoms. The second kappa shape index (κ2) is 58.0. The standard InChI is InChI=1S/C71H118O12/c1-4-7-10-13-16-19-22-25-28-31-32-35-36-39-42-45-48-51-54-57-63(72)79-60-62(81-64(73)58-55-52-49-46-43-40-37-33-29-26-23-20-17-14-11-8-5-2)61-80-71-69(67(76)66(75)68(83-71)70(77)78)82-65(74)59-56-53-50-47-44-41-38-34-30-27-24-21-18-15-12-9-6-3/h8,11,16-21,25-30,37,40,62,66-69,71,75-76H,4-7,9-10,12-15,22-24,31-36,38-39,41-61H2,1-3H3,(H,77,78)/b11-8-,19-16-,20-17-,21-18-,28-25-,29-26-,30-27-,40-37-. The van der Waals surface area contributed by atoms with Gasteiger partial charge in [-0.2, -0.15) is 0 Å². The zero-order chi connectivity index (χ0) is 60.3. The first kappa shape index (κ1) is 76.7. The van der Waals surface area contributed by atoms with Crippen molar-refractivity contribution in [3.8, 4) is 0 Å². The third-order valence-electron chi connectivity index (χ3n) is 14.6. The predicted octanol–water partition coefficient (Wildman–Crippen LogP) is 18.0. The fourth-order valence-electron chi connectivity index (χ4n) is 9.54. The number of carbonyl (C=O) groups is 4. The zero-order valence-electron chi connectivity index (χ0n) is 52.4. The lowest BCUT2D eigenvalue weighted by Crippen LogP contribution is -2.61. The van der Waals surface area contributed by atoms with Gasteiger partial charge in [0.2, 0.25) is 0 Å². The highest BCUT2D eigenvalue weighted by atomic mass is 16.7. The monoisotopic (exact) mass is 1160 g/mol. The number of rotatable bonds is 56. The SMILES string of the molecule is CC/C=C\C/C=C\C/C=C\C/C=C\CCCCCCC(=O)OC(COC(=O)CCCCCCCCCCC/C=C\C/C=C\CCCCC)COC1OC(C(=O)O)C(O)C(O)C1OC(=O)CCCCCCCCC/C=C\C/C=C\CCCCC. The van der Waals surface area contributed by atoms with Gasteiger partial charge in [-0.1, -0.05) is 234 Å². The normalized spacial score (nSPS) is 18.2. The van der Waals surface area contributed by atoms with Crippen LogP contribution in [-0.2, 0) is 42.9 Å². The van der Waals surface area contributed by atoms with Gasteiger partial charge in [0.05, 0.1) is 6.61 Å². The van der Waals surface area contributed by atoms with Crippen molar-refractivity contribution in [2.75, 3.05) is 13.2 Å². The minimum absolute atomic E-state index is 0.0447. The van der Waals surface area contributed by atoms with Crippen LogP contribution < -0.4 is 0 Å². The Labute approximate surface area is 504 Å². The van der Waals surface area contributed by atoms with Crippen LogP contribution in [0.3, 0.4) is 0 Å².